The van der Waals surface area contributed by atoms with Gasteiger partial charge >= 0.3 is 0 Å². The number of hydrogen-bond donors (Lipinski definition) is 1. The molecule has 1 aliphatic rings. The number of nitrogens with zero attached hydrogens (tertiary/aromatic N) is 1. The molecule has 11 heavy (non-hydrogen) atoms. The molecule has 0 saturated carbocycles. The molecule has 1 N–H and O–H groups in total. The van der Waals surface area contributed by atoms with Crippen LogP contribution in [0.2, 0.25) is 0 Å². The number of alkyl halides is 1. The normalized spacial score (nSPS) is 30.0. The van der Waals surface area contributed by atoms with Gasteiger partial charge in [-0.05, 0) is 6.42 Å². The van der Waals surface area contributed by atoms with Crippen LogP contribution in [0.4, 0.5) is 0 Å². The van der Waals surface area contributed by atoms with E-state index in [1.807, 2.05) is 0 Å². The van der Waals surface area contributed by atoms with Crippen molar-refractivity contribution in [2.24, 2.45) is 10.9 Å². The molecule has 0 aromatic heterocycles. The molecule has 0 bridgehead atoms. The zero-order chi connectivity index (χ0) is 8.10. The Balaban J connectivity index is 2.26. The second-order valence-electron chi connectivity index (χ2n) is 2.96. The van der Waals surface area contributed by atoms with Crippen LogP contribution >= 0.6 is 11.6 Å². The third-order valence-corrected chi connectivity index (χ3v) is 2.49. The highest BCUT2D eigenvalue weighted by Gasteiger charge is 2.19. The molecule has 0 amide bonds. The van der Waals surface area contributed by atoms with E-state index in [9.17, 15) is 0 Å². The second-order valence-corrected chi connectivity index (χ2v) is 3.44. The van der Waals surface area contributed by atoms with E-state index in [1.165, 1.54) is 19.3 Å². The predicted octanol–water partition coefficient (Wildman–Crippen LogP) is 1.99. The van der Waals surface area contributed by atoms with Crippen molar-refractivity contribution in [1.82, 2.24) is 5.32 Å². The molecule has 1 rings (SSSR count). The van der Waals surface area contributed by atoms with Crippen molar-refractivity contribution >= 4 is 17.9 Å². The van der Waals surface area contributed by atoms with Crippen molar-refractivity contribution in [2.75, 3.05) is 6.54 Å². The molecular formula is C8H15ClN2. The van der Waals surface area contributed by atoms with E-state index < -0.39 is 0 Å². The molecule has 2 atom stereocenters. The van der Waals surface area contributed by atoms with E-state index in [2.05, 4.69) is 17.2 Å². The number of rotatable bonds is 3. The smallest absolute Gasteiger partial charge is 0.107 e. The second kappa shape index (κ2) is 4.60. The maximum absolute atomic E-state index is 6.02. The summed E-state index contributed by atoms with van der Waals surface area (Å²) < 4.78 is 0. The Bertz CT molecular complexity index is 136. The number of unbranched alkanes of at least 4 members (excludes halogenated alkanes) is 1. The molecule has 0 aromatic carbocycles. The third-order valence-electron chi connectivity index (χ3n) is 2.01. The van der Waals surface area contributed by atoms with Gasteiger partial charge in [-0.25, -0.2) is 0 Å². The van der Waals surface area contributed by atoms with E-state index in [1.54, 1.807) is 6.34 Å². The van der Waals surface area contributed by atoms with Crippen LogP contribution in [0.25, 0.3) is 0 Å². The summed E-state index contributed by atoms with van der Waals surface area (Å²) in [5, 5.41) is 3.01. The maximum atomic E-state index is 6.02. The first kappa shape index (κ1) is 8.85. The van der Waals surface area contributed by atoms with Crippen LogP contribution in [0.1, 0.15) is 26.2 Å². The summed E-state index contributed by atoms with van der Waals surface area (Å²) in [5.74, 6) is 0.529. The molecule has 64 valence electrons. The van der Waals surface area contributed by atoms with Crippen LogP contribution in [0.5, 0.6) is 0 Å². The minimum atomic E-state index is 0.0963. The fraction of sp³-hybridized carbons (Fsp3) is 0.875. The van der Waals surface area contributed by atoms with Gasteiger partial charge in [0.2, 0.25) is 0 Å². The molecule has 1 heterocycles. The lowest BCUT2D eigenvalue weighted by Crippen LogP contribution is -2.36. The van der Waals surface area contributed by atoms with Crippen molar-refractivity contribution in [2.45, 2.75) is 31.7 Å². The molecule has 0 fully saturated rings. The molecule has 0 aliphatic carbocycles. The van der Waals surface area contributed by atoms with Gasteiger partial charge in [0.15, 0.2) is 0 Å². The van der Waals surface area contributed by atoms with E-state index in [0.717, 1.165) is 6.54 Å². The first-order valence-electron chi connectivity index (χ1n) is 4.23. The molecular weight excluding hydrogens is 160 g/mol. The van der Waals surface area contributed by atoms with Crippen molar-refractivity contribution in [1.29, 1.82) is 0 Å². The largest absolute Gasteiger partial charge is 0.360 e. The number of hydrogen-bond acceptors (Lipinski definition) is 2. The molecule has 0 aromatic rings. The van der Waals surface area contributed by atoms with E-state index in [4.69, 9.17) is 11.6 Å². The van der Waals surface area contributed by atoms with Crippen LogP contribution in [0.15, 0.2) is 4.99 Å². The van der Waals surface area contributed by atoms with Gasteiger partial charge in [0.25, 0.3) is 0 Å². The van der Waals surface area contributed by atoms with Gasteiger partial charge in [-0.1, -0.05) is 31.4 Å². The summed E-state index contributed by atoms with van der Waals surface area (Å²) in [4.78, 5) is 4.14. The topological polar surface area (TPSA) is 24.4 Å². The quantitative estimate of drug-likeness (QED) is 0.514. The Kier molecular flexibility index (Phi) is 3.70. The van der Waals surface area contributed by atoms with Gasteiger partial charge in [-0.3, -0.25) is 4.99 Å². The summed E-state index contributed by atoms with van der Waals surface area (Å²) in [6, 6.07) is 0. The fourth-order valence-corrected chi connectivity index (χ4v) is 1.51. The molecule has 1 aliphatic heterocycles. The summed E-state index contributed by atoms with van der Waals surface area (Å²) in [5.41, 5.74) is 0.0963. The summed E-state index contributed by atoms with van der Waals surface area (Å²) in [6.07, 6.45) is 5.39. The van der Waals surface area contributed by atoms with E-state index >= 15 is 0 Å². The van der Waals surface area contributed by atoms with E-state index in [-0.39, 0.29) is 5.50 Å². The Labute approximate surface area is 73.0 Å². The SMILES string of the molecule is CCCC[C@H]1CN=CNC1Cl. The summed E-state index contributed by atoms with van der Waals surface area (Å²) in [6.45, 7) is 3.09. The van der Waals surface area contributed by atoms with Gasteiger partial charge in [-0.15, -0.1) is 0 Å². The number of halogens is 1. The highest BCUT2D eigenvalue weighted by molar-refractivity contribution is 6.21. The lowest BCUT2D eigenvalue weighted by atomic mass is 10.0. The first-order chi connectivity index (χ1) is 5.34. The highest BCUT2D eigenvalue weighted by atomic mass is 35.5. The minimum absolute atomic E-state index is 0.0963. The van der Waals surface area contributed by atoms with Crippen LogP contribution < -0.4 is 5.32 Å². The Morgan fingerprint density at radius 3 is 3.18 bits per heavy atom. The predicted molar refractivity (Wildman–Crippen MR) is 49.2 cm³/mol. The highest BCUT2D eigenvalue weighted by Crippen LogP contribution is 2.17. The fourth-order valence-electron chi connectivity index (χ4n) is 1.24. The lowest BCUT2D eigenvalue weighted by molar-refractivity contribution is 0.428. The van der Waals surface area contributed by atoms with Crippen molar-refractivity contribution in [3.05, 3.63) is 0 Å². The van der Waals surface area contributed by atoms with Crippen LogP contribution in [0, 0.1) is 5.92 Å². The number of aliphatic imine (C=N–C) groups is 1. The summed E-state index contributed by atoms with van der Waals surface area (Å²) in [7, 11) is 0. The van der Waals surface area contributed by atoms with Crippen molar-refractivity contribution in [3.63, 3.8) is 0 Å². The van der Waals surface area contributed by atoms with E-state index in [0.29, 0.717) is 5.92 Å². The van der Waals surface area contributed by atoms with Gasteiger partial charge in [0.1, 0.15) is 5.50 Å². The summed E-state index contributed by atoms with van der Waals surface area (Å²) >= 11 is 6.02. The van der Waals surface area contributed by atoms with Crippen molar-refractivity contribution in [3.8, 4) is 0 Å². The average molecular weight is 175 g/mol. The Morgan fingerprint density at radius 2 is 2.55 bits per heavy atom. The maximum Gasteiger partial charge on any atom is 0.107 e. The van der Waals surface area contributed by atoms with Crippen molar-refractivity contribution < 1.29 is 0 Å². The molecule has 0 spiro atoms. The first-order valence-corrected chi connectivity index (χ1v) is 4.66. The van der Waals surface area contributed by atoms with Gasteiger partial charge in [0, 0.05) is 12.5 Å². The molecule has 3 heteroatoms. The van der Waals surface area contributed by atoms with Crippen LogP contribution in [0.3, 0.4) is 0 Å². The zero-order valence-corrected chi connectivity index (χ0v) is 7.64. The monoisotopic (exact) mass is 174 g/mol. The molecule has 2 nitrogen and oxygen atoms in total. The standard InChI is InChI=1S/C8H15ClN2/c1-2-3-4-7-5-10-6-11-8(7)9/h6-8H,2-5H2,1H3,(H,10,11)/t7-,8?/m0/s1. The van der Waals surface area contributed by atoms with Gasteiger partial charge < -0.3 is 5.32 Å². The van der Waals surface area contributed by atoms with Crippen LogP contribution in [-0.4, -0.2) is 18.4 Å². The molecule has 0 radical (unpaired) electrons. The Hall–Kier alpha value is -0.240. The van der Waals surface area contributed by atoms with Gasteiger partial charge in [-0.2, -0.15) is 0 Å². The number of nitrogens with one attached hydrogen (secondary N) is 1. The average Bonchev–Trinajstić information content (AvgIpc) is 2.03. The Morgan fingerprint density at radius 1 is 1.73 bits per heavy atom. The lowest BCUT2D eigenvalue weighted by Gasteiger charge is -2.23. The van der Waals surface area contributed by atoms with Gasteiger partial charge in [0.05, 0.1) is 6.34 Å². The minimum Gasteiger partial charge on any atom is -0.360 e. The third kappa shape index (κ3) is 2.70. The molecule has 1 unspecified atom stereocenters. The molecule has 0 saturated heterocycles. The zero-order valence-electron chi connectivity index (χ0n) is 6.89. The van der Waals surface area contributed by atoms with Crippen LogP contribution in [-0.2, 0) is 0 Å².